The van der Waals surface area contributed by atoms with Crippen LogP contribution in [0.4, 0.5) is 0 Å². The lowest BCUT2D eigenvalue weighted by Crippen LogP contribution is -2.55. The molecule has 2 rings (SSSR count). The van der Waals surface area contributed by atoms with Gasteiger partial charge in [-0.25, -0.2) is 13.1 Å². The van der Waals surface area contributed by atoms with E-state index in [-0.39, 0.29) is 5.75 Å². The second-order valence-corrected chi connectivity index (χ2v) is 7.74. The monoisotopic (exact) mass is 296 g/mol. The second kappa shape index (κ2) is 6.24. The highest BCUT2D eigenvalue weighted by molar-refractivity contribution is 7.88. The maximum absolute atomic E-state index is 12.3. The lowest BCUT2D eigenvalue weighted by Gasteiger charge is -2.38. The molecule has 0 radical (unpaired) electrons. The van der Waals surface area contributed by atoms with Crippen molar-refractivity contribution in [2.24, 2.45) is 11.7 Å². The van der Waals surface area contributed by atoms with Gasteiger partial charge in [-0.15, -0.1) is 0 Å². The summed E-state index contributed by atoms with van der Waals surface area (Å²) >= 11 is 0. The van der Waals surface area contributed by atoms with Crippen LogP contribution in [-0.4, -0.2) is 20.5 Å². The highest BCUT2D eigenvalue weighted by Crippen LogP contribution is 2.32. The van der Waals surface area contributed by atoms with E-state index in [1.165, 1.54) is 0 Å². The number of rotatable bonds is 5. The molecule has 0 spiro atoms. The van der Waals surface area contributed by atoms with Crippen LogP contribution < -0.4 is 10.5 Å². The molecule has 0 atom stereocenters. The molecule has 0 unspecified atom stereocenters. The van der Waals surface area contributed by atoms with Crippen LogP contribution in [0.2, 0.25) is 0 Å². The predicted molar refractivity (Wildman–Crippen MR) is 81.6 cm³/mol. The molecule has 20 heavy (non-hydrogen) atoms. The standard InChI is InChI=1S/C15H24N2O2S/c1-13-7-9-15(12-16,10-8-13)17-20(18,19)11-14-5-3-2-4-6-14/h2-6,13,17H,7-12,16H2,1H3. The van der Waals surface area contributed by atoms with Gasteiger partial charge in [0.15, 0.2) is 0 Å². The Morgan fingerprint density at radius 2 is 1.85 bits per heavy atom. The molecule has 3 N–H and O–H groups in total. The van der Waals surface area contributed by atoms with Gasteiger partial charge < -0.3 is 5.73 Å². The average molecular weight is 296 g/mol. The summed E-state index contributed by atoms with van der Waals surface area (Å²) < 4.78 is 27.6. The third-order valence-corrected chi connectivity index (χ3v) is 5.65. The molecular formula is C15H24N2O2S. The molecule has 0 heterocycles. The summed E-state index contributed by atoms with van der Waals surface area (Å²) in [7, 11) is -3.35. The van der Waals surface area contributed by atoms with E-state index in [9.17, 15) is 8.42 Å². The molecule has 1 aliphatic carbocycles. The first-order valence-electron chi connectivity index (χ1n) is 7.20. The van der Waals surface area contributed by atoms with Gasteiger partial charge in [-0.05, 0) is 37.2 Å². The van der Waals surface area contributed by atoms with Crippen molar-refractivity contribution in [2.45, 2.75) is 43.9 Å². The topological polar surface area (TPSA) is 72.2 Å². The van der Waals surface area contributed by atoms with Crippen molar-refractivity contribution in [1.29, 1.82) is 0 Å². The molecule has 0 saturated heterocycles. The molecule has 1 aromatic carbocycles. The molecule has 0 aliphatic heterocycles. The Hall–Kier alpha value is -0.910. The van der Waals surface area contributed by atoms with Crippen molar-refractivity contribution in [2.75, 3.05) is 6.54 Å². The van der Waals surface area contributed by atoms with Crippen LogP contribution in [-0.2, 0) is 15.8 Å². The van der Waals surface area contributed by atoms with Crippen molar-refractivity contribution in [1.82, 2.24) is 4.72 Å². The summed E-state index contributed by atoms with van der Waals surface area (Å²) in [6.07, 6.45) is 3.73. The van der Waals surface area contributed by atoms with E-state index in [0.29, 0.717) is 12.5 Å². The lowest BCUT2D eigenvalue weighted by molar-refractivity contribution is 0.231. The zero-order chi connectivity index (χ0) is 14.6. The van der Waals surface area contributed by atoms with Crippen molar-refractivity contribution >= 4 is 10.0 Å². The number of hydrogen-bond donors (Lipinski definition) is 2. The molecule has 5 heteroatoms. The lowest BCUT2D eigenvalue weighted by atomic mass is 9.78. The number of nitrogens with one attached hydrogen (secondary N) is 1. The number of benzene rings is 1. The van der Waals surface area contributed by atoms with E-state index in [0.717, 1.165) is 31.2 Å². The number of nitrogens with two attached hydrogens (primary N) is 1. The van der Waals surface area contributed by atoms with Crippen molar-refractivity contribution in [3.05, 3.63) is 35.9 Å². The minimum atomic E-state index is -3.35. The van der Waals surface area contributed by atoms with Crippen LogP contribution in [0.25, 0.3) is 0 Å². The van der Waals surface area contributed by atoms with Crippen molar-refractivity contribution < 1.29 is 8.42 Å². The minimum absolute atomic E-state index is 0.0190. The molecule has 1 aliphatic rings. The molecule has 1 saturated carbocycles. The highest BCUT2D eigenvalue weighted by Gasteiger charge is 2.36. The molecule has 4 nitrogen and oxygen atoms in total. The minimum Gasteiger partial charge on any atom is -0.329 e. The van der Waals surface area contributed by atoms with Gasteiger partial charge in [-0.1, -0.05) is 37.3 Å². The first-order valence-corrected chi connectivity index (χ1v) is 8.86. The molecule has 0 amide bonds. The highest BCUT2D eigenvalue weighted by atomic mass is 32.2. The third kappa shape index (κ3) is 4.04. The van der Waals surface area contributed by atoms with Crippen molar-refractivity contribution in [3.63, 3.8) is 0 Å². The van der Waals surface area contributed by atoms with Crippen LogP contribution in [0.3, 0.4) is 0 Å². The molecule has 112 valence electrons. The quantitative estimate of drug-likeness (QED) is 0.873. The van der Waals surface area contributed by atoms with Crippen LogP contribution in [0.5, 0.6) is 0 Å². The zero-order valence-corrected chi connectivity index (χ0v) is 12.8. The molecule has 0 bridgehead atoms. The summed E-state index contributed by atoms with van der Waals surface area (Å²) in [6, 6.07) is 9.25. The Labute approximate surface area is 121 Å². The number of hydrogen-bond acceptors (Lipinski definition) is 3. The summed E-state index contributed by atoms with van der Waals surface area (Å²) in [4.78, 5) is 0. The Kier molecular flexibility index (Phi) is 4.83. The van der Waals surface area contributed by atoms with Gasteiger partial charge in [-0.2, -0.15) is 0 Å². The Balaban J connectivity index is 2.06. The first-order chi connectivity index (χ1) is 9.45. The van der Waals surface area contributed by atoms with Gasteiger partial charge in [0.2, 0.25) is 10.0 Å². The van der Waals surface area contributed by atoms with Crippen LogP contribution in [0.15, 0.2) is 30.3 Å². The summed E-state index contributed by atoms with van der Waals surface area (Å²) in [6.45, 7) is 2.58. The molecule has 1 fully saturated rings. The normalized spacial score (nSPS) is 27.4. The maximum atomic E-state index is 12.3. The van der Waals surface area contributed by atoms with Crippen LogP contribution in [0.1, 0.15) is 38.2 Å². The summed E-state index contributed by atoms with van der Waals surface area (Å²) in [5, 5.41) is 0. The average Bonchev–Trinajstić information content (AvgIpc) is 2.42. The third-order valence-electron chi connectivity index (χ3n) is 4.19. The van der Waals surface area contributed by atoms with E-state index in [1.807, 2.05) is 30.3 Å². The summed E-state index contributed by atoms with van der Waals surface area (Å²) in [5.74, 6) is 0.679. The Morgan fingerprint density at radius 3 is 2.40 bits per heavy atom. The van der Waals surface area contributed by atoms with Gasteiger partial charge in [0, 0.05) is 12.1 Å². The number of sulfonamides is 1. The predicted octanol–water partition coefficient (Wildman–Crippen LogP) is 2.01. The zero-order valence-electron chi connectivity index (χ0n) is 12.0. The second-order valence-electron chi connectivity index (χ2n) is 6.01. The van der Waals surface area contributed by atoms with E-state index in [1.54, 1.807) is 0 Å². The van der Waals surface area contributed by atoms with E-state index >= 15 is 0 Å². The van der Waals surface area contributed by atoms with E-state index < -0.39 is 15.6 Å². The van der Waals surface area contributed by atoms with E-state index in [4.69, 9.17) is 5.73 Å². The van der Waals surface area contributed by atoms with E-state index in [2.05, 4.69) is 11.6 Å². The molecule has 1 aromatic rings. The largest absolute Gasteiger partial charge is 0.329 e. The maximum Gasteiger partial charge on any atom is 0.216 e. The first kappa shape index (κ1) is 15.5. The van der Waals surface area contributed by atoms with Gasteiger partial charge in [0.1, 0.15) is 0 Å². The Morgan fingerprint density at radius 1 is 1.25 bits per heavy atom. The molecular weight excluding hydrogens is 272 g/mol. The summed E-state index contributed by atoms with van der Waals surface area (Å²) in [5.41, 5.74) is 6.22. The fourth-order valence-electron chi connectivity index (χ4n) is 2.82. The van der Waals surface area contributed by atoms with Gasteiger partial charge in [-0.3, -0.25) is 0 Å². The fraction of sp³-hybridized carbons (Fsp3) is 0.600. The fourth-order valence-corrected chi connectivity index (χ4v) is 4.47. The van der Waals surface area contributed by atoms with Crippen LogP contribution in [0, 0.1) is 5.92 Å². The Bertz CT molecular complexity index is 520. The van der Waals surface area contributed by atoms with Gasteiger partial charge in [0.25, 0.3) is 0 Å². The molecule has 0 aromatic heterocycles. The van der Waals surface area contributed by atoms with Gasteiger partial charge >= 0.3 is 0 Å². The SMILES string of the molecule is CC1CCC(CN)(NS(=O)(=O)Cc2ccccc2)CC1. The van der Waals surface area contributed by atoms with Crippen LogP contribution >= 0.6 is 0 Å². The van der Waals surface area contributed by atoms with Gasteiger partial charge in [0.05, 0.1) is 5.75 Å². The smallest absolute Gasteiger partial charge is 0.216 e. The van der Waals surface area contributed by atoms with Crippen molar-refractivity contribution in [3.8, 4) is 0 Å².